The molecule has 0 saturated heterocycles. The van der Waals surface area contributed by atoms with Gasteiger partial charge in [-0.3, -0.25) is 4.79 Å². The van der Waals surface area contributed by atoms with Gasteiger partial charge in [0.2, 0.25) is 0 Å². The van der Waals surface area contributed by atoms with E-state index >= 15 is 0 Å². The molecule has 20 heavy (non-hydrogen) atoms. The highest BCUT2D eigenvalue weighted by Gasteiger charge is 1.95. The lowest BCUT2D eigenvalue weighted by Gasteiger charge is -1.98. The minimum atomic E-state index is -0.663. The SMILES string of the molecule is CCCCCCCCCC(=O)O.CCCCOCCO. The van der Waals surface area contributed by atoms with Crippen LogP contribution in [0.1, 0.15) is 78.1 Å². The molecule has 4 heteroatoms. The zero-order valence-electron chi connectivity index (χ0n) is 13.4. The van der Waals surface area contributed by atoms with E-state index in [1.807, 2.05) is 0 Å². The van der Waals surface area contributed by atoms with E-state index in [2.05, 4.69) is 13.8 Å². The fourth-order valence-corrected chi connectivity index (χ4v) is 1.65. The second-order valence-corrected chi connectivity index (χ2v) is 4.95. The molecule has 0 aliphatic heterocycles. The first kappa shape index (κ1) is 21.7. The van der Waals surface area contributed by atoms with E-state index in [0.717, 1.165) is 32.3 Å². The third kappa shape index (κ3) is 26.1. The average Bonchev–Trinajstić information content (AvgIpc) is 2.43. The topological polar surface area (TPSA) is 66.8 Å². The Kier molecular flexibility index (Phi) is 22.4. The van der Waals surface area contributed by atoms with Crippen LogP contribution in [0.2, 0.25) is 0 Å². The second kappa shape index (κ2) is 20.7. The minimum Gasteiger partial charge on any atom is -0.481 e. The molecule has 0 aromatic rings. The molecule has 0 rings (SSSR count). The number of unbranched alkanes of at least 4 members (excludes halogenated alkanes) is 7. The highest BCUT2D eigenvalue weighted by molar-refractivity contribution is 5.66. The van der Waals surface area contributed by atoms with E-state index in [4.69, 9.17) is 14.9 Å². The molecule has 0 bridgehead atoms. The van der Waals surface area contributed by atoms with Crippen molar-refractivity contribution < 1.29 is 19.7 Å². The molecule has 0 heterocycles. The van der Waals surface area contributed by atoms with Gasteiger partial charge in [0, 0.05) is 13.0 Å². The Labute approximate surface area is 124 Å². The Morgan fingerprint density at radius 2 is 1.40 bits per heavy atom. The van der Waals surface area contributed by atoms with Gasteiger partial charge in [-0.25, -0.2) is 0 Å². The van der Waals surface area contributed by atoms with E-state index in [1.54, 1.807) is 0 Å². The number of aliphatic carboxylic acids is 1. The van der Waals surface area contributed by atoms with Gasteiger partial charge < -0.3 is 14.9 Å². The molecular formula is C16H34O4. The van der Waals surface area contributed by atoms with Gasteiger partial charge in [-0.2, -0.15) is 0 Å². The third-order valence-corrected chi connectivity index (χ3v) is 2.87. The zero-order valence-corrected chi connectivity index (χ0v) is 13.4. The molecule has 0 aromatic heterocycles. The number of aliphatic hydroxyl groups is 1. The Balaban J connectivity index is 0. The number of aliphatic hydroxyl groups excluding tert-OH is 1. The van der Waals surface area contributed by atoms with E-state index in [-0.39, 0.29) is 6.61 Å². The molecule has 122 valence electrons. The van der Waals surface area contributed by atoms with E-state index in [9.17, 15) is 4.79 Å². The third-order valence-electron chi connectivity index (χ3n) is 2.87. The molecule has 0 atom stereocenters. The first-order chi connectivity index (χ1) is 9.68. The quantitative estimate of drug-likeness (QED) is 0.503. The van der Waals surface area contributed by atoms with Crippen molar-refractivity contribution in [2.75, 3.05) is 19.8 Å². The maximum Gasteiger partial charge on any atom is 0.303 e. The van der Waals surface area contributed by atoms with Gasteiger partial charge in [0.05, 0.1) is 13.2 Å². The first-order valence-corrected chi connectivity index (χ1v) is 8.09. The van der Waals surface area contributed by atoms with Crippen LogP contribution < -0.4 is 0 Å². The van der Waals surface area contributed by atoms with Crippen LogP contribution in [-0.2, 0) is 9.53 Å². The van der Waals surface area contributed by atoms with Crippen molar-refractivity contribution in [2.24, 2.45) is 0 Å². The molecule has 0 aliphatic rings. The van der Waals surface area contributed by atoms with Gasteiger partial charge in [-0.1, -0.05) is 58.8 Å². The average molecular weight is 290 g/mol. The van der Waals surface area contributed by atoms with Crippen molar-refractivity contribution in [1.29, 1.82) is 0 Å². The fourth-order valence-electron chi connectivity index (χ4n) is 1.65. The summed E-state index contributed by atoms with van der Waals surface area (Å²) in [6.45, 7) is 5.73. The van der Waals surface area contributed by atoms with Crippen LogP contribution >= 0.6 is 0 Å². The lowest BCUT2D eigenvalue weighted by Crippen LogP contribution is -1.99. The minimum absolute atomic E-state index is 0.143. The number of carboxylic acid groups (broad SMARTS) is 1. The standard InChI is InChI=1S/C10H20O2.C6H14O2/c1-2-3-4-5-6-7-8-9-10(11)12;1-2-3-5-8-6-4-7/h2-9H2,1H3,(H,11,12);7H,2-6H2,1H3. The fraction of sp³-hybridized carbons (Fsp3) is 0.938. The van der Waals surface area contributed by atoms with E-state index < -0.39 is 5.97 Å². The van der Waals surface area contributed by atoms with Crippen LogP contribution in [0.25, 0.3) is 0 Å². The number of carbonyl (C=O) groups is 1. The lowest BCUT2D eigenvalue weighted by molar-refractivity contribution is -0.137. The molecule has 0 radical (unpaired) electrons. The van der Waals surface area contributed by atoms with Gasteiger partial charge in [0.1, 0.15) is 0 Å². The number of rotatable bonds is 13. The van der Waals surface area contributed by atoms with Crippen LogP contribution in [0.3, 0.4) is 0 Å². The summed E-state index contributed by atoms with van der Waals surface area (Å²) in [6, 6.07) is 0. The van der Waals surface area contributed by atoms with Crippen molar-refractivity contribution in [3.63, 3.8) is 0 Å². The summed E-state index contributed by atoms with van der Waals surface area (Å²) in [6.07, 6.45) is 10.9. The Morgan fingerprint density at radius 1 is 0.850 bits per heavy atom. The lowest BCUT2D eigenvalue weighted by atomic mass is 10.1. The van der Waals surface area contributed by atoms with Crippen molar-refractivity contribution in [1.82, 2.24) is 0 Å². The number of hydrogen-bond donors (Lipinski definition) is 2. The van der Waals surface area contributed by atoms with Gasteiger partial charge in [-0.05, 0) is 12.8 Å². The van der Waals surface area contributed by atoms with Crippen molar-refractivity contribution in [2.45, 2.75) is 78.1 Å². The largest absolute Gasteiger partial charge is 0.481 e. The molecular weight excluding hydrogens is 256 g/mol. The molecule has 0 spiro atoms. The molecule has 2 N–H and O–H groups in total. The molecule has 0 fully saturated rings. The molecule has 0 saturated carbocycles. The molecule has 0 aromatic carbocycles. The van der Waals surface area contributed by atoms with Crippen LogP contribution in [0.4, 0.5) is 0 Å². The normalized spacial score (nSPS) is 9.95. The van der Waals surface area contributed by atoms with Crippen LogP contribution in [-0.4, -0.2) is 36.0 Å². The Morgan fingerprint density at radius 3 is 1.90 bits per heavy atom. The number of hydrogen-bond acceptors (Lipinski definition) is 3. The van der Waals surface area contributed by atoms with E-state index in [1.165, 1.54) is 32.1 Å². The maximum atomic E-state index is 10.1. The van der Waals surface area contributed by atoms with Crippen LogP contribution in [0.5, 0.6) is 0 Å². The molecule has 0 amide bonds. The van der Waals surface area contributed by atoms with Crippen LogP contribution in [0, 0.1) is 0 Å². The van der Waals surface area contributed by atoms with Gasteiger partial charge in [0.25, 0.3) is 0 Å². The smallest absolute Gasteiger partial charge is 0.303 e. The Hall–Kier alpha value is -0.610. The zero-order chi connectivity index (χ0) is 15.5. The molecule has 0 aliphatic carbocycles. The van der Waals surface area contributed by atoms with Crippen molar-refractivity contribution in [3.8, 4) is 0 Å². The van der Waals surface area contributed by atoms with Gasteiger partial charge in [0.15, 0.2) is 0 Å². The first-order valence-electron chi connectivity index (χ1n) is 8.09. The van der Waals surface area contributed by atoms with Crippen LogP contribution in [0.15, 0.2) is 0 Å². The van der Waals surface area contributed by atoms with Crippen molar-refractivity contribution >= 4 is 5.97 Å². The summed E-state index contributed by atoms with van der Waals surface area (Å²) in [7, 11) is 0. The summed E-state index contributed by atoms with van der Waals surface area (Å²) in [5.41, 5.74) is 0. The van der Waals surface area contributed by atoms with Gasteiger partial charge >= 0.3 is 5.97 Å². The maximum absolute atomic E-state index is 10.1. The van der Waals surface area contributed by atoms with Crippen molar-refractivity contribution in [3.05, 3.63) is 0 Å². The number of ether oxygens (including phenoxy) is 1. The second-order valence-electron chi connectivity index (χ2n) is 4.95. The summed E-state index contributed by atoms with van der Waals surface area (Å²) in [5.74, 6) is -0.663. The Bertz CT molecular complexity index is 177. The highest BCUT2D eigenvalue weighted by Crippen LogP contribution is 2.07. The predicted octanol–water partition coefficient (Wildman–Crippen LogP) is 4.01. The summed E-state index contributed by atoms with van der Waals surface area (Å²) in [5, 5.41) is 16.6. The van der Waals surface area contributed by atoms with Gasteiger partial charge in [-0.15, -0.1) is 0 Å². The highest BCUT2D eigenvalue weighted by atomic mass is 16.5. The number of carboxylic acids is 1. The summed E-state index contributed by atoms with van der Waals surface area (Å²) < 4.78 is 4.97. The summed E-state index contributed by atoms with van der Waals surface area (Å²) in [4.78, 5) is 10.1. The van der Waals surface area contributed by atoms with E-state index in [0.29, 0.717) is 13.0 Å². The monoisotopic (exact) mass is 290 g/mol. The molecule has 0 unspecified atom stereocenters. The molecule has 4 nitrogen and oxygen atoms in total. The predicted molar refractivity (Wildman–Crippen MR) is 83.1 cm³/mol. The summed E-state index contributed by atoms with van der Waals surface area (Å²) >= 11 is 0.